The van der Waals surface area contributed by atoms with Crippen LogP contribution in [0.25, 0.3) is 16.9 Å². The van der Waals surface area contributed by atoms with E-state index in [0.29, 0.717) is 51.9 Å². The fraction of sp³-hybridized carbons (Fsp3) is 0.222. The Morgan fingerprint density at radius 2 is 1.84 bits per heavy atom. The summed E-state index contributed by atoms with van der Waals surface area (Å²) < 4.78 is 50.0. The second-order valence-electron chi connectivity index (χ2n) is 12.2. The molecule has 7 rings (SSSR count). The van der Waals surface area contributed by atoms with E-state index in [1.807, 2.05) is 5.38 Å². The number of aliphatic hydroxyl groups is 1. The van der Waals surface area contributed by atoms with Crippen LogP contribution >= 0.6 is 27.3 Å². The van der Waals surface area contributed by atoms with Crippen LogP contribution in [-0.2, 0) is 9.53 Å². The fourth-order valence-corrected chi connectivity index (χ4v) is 7.78. The van der Waals surface area contributed by atoms with E-state index in [0.717, 1.165) is 6.07 Å². The minimum atomic E-state index is -0.828. The maximum Gasteiger partial charge on any atom is 0.338 e. The lowest BCUT2D eigenvalue weighted by Gasteiger charge is -2.38. The number of nitrogens with one attached hydrogen (secondary N) is 1. The minimum Gasteiger partial charge on any atom is -0.508 e. The number of nitrogens with zero attached hydrogens (tertiary/aromatic N) is 5. The van der Waals surface area contributed by atoms with Crippen LogP contribution in [0.5, 0.6) is 0 Å². The van der Waals surface area contributed by atoms with Gasteiger partial charge in [0.15, 0.2) is 10.8 Å². The van der Waals surface area contributed by atoms with E-state index in [1.165, 1.54) is 59.7 Å². The van der Waals surface area contributed by atoms with Crippen molar-refractivity contribution in [3.05, 3.63) is 122 Å². The average molecular weight is 780 g/mol. The van der Waals surface area contributed by atoms with E-state index in [1.54, 1.807) is 23.2 Å². The number of aliphatic imine (C=N–C) groups is 1. The number of aromatic nitrogens is 1. The Morgan fingerprint density at radius 3 is 2.51 bits per heavy atom. The zero-order valence-electron chi connectivity index (χ0n) is 27.1. The second-order valence-corrected chi connectivity index (χ2v) is 13.9. The van der Waals surface area contributed by atoms with Gasteiger partial charge in [0.25, 0.3) is 0 Å². The molecule has 2 amide bonds. The summed E-state index contributed by atoms with van der Waals surface area (Å²) in [6.45, 7) is 5.26. The molecule has 3 aliphatic heterocycles. The molecule has 0 spiro atoms. The highest BCUT2D eigenvalue weighted by molar-refractivity contribution is 9.10. The van der Waals surface area contributed by atoms with Crippen LogP contribution < -0.4 is 10.2 Å². The third kappa shape index (κ3) is 6.64. The second kappa shape index (κ2) is 14.0. The lowest BCUT2D eigenvalue weighted by Crippen LogP contribution is -2.53. The highest BCUT2D eigenvalue weighted by atomic mass is 79.9. The number of halogens is 4. The first kappa shape index (κ1) is 34.5. The number of amides is 2. The molecule has 51 heavy (non-hydrogen) atoms. The van der Waals surface area contributed by atoms with Crippen molar-refractivity contribution in [3.8, 4) is 11.1 Å². The van der Waals surface area contributed by atoms with E-state index in [2.05, 4.69) is 37.7 Å². The van der Waals surface area contributed by atoms with Crippen molar-refractivity contribution >= 4 is 56.5 Å². The maximum absolute atomic E-state index is 15.4. The lowest BCUT2D eigenvalue weighted by molar-refractivity contribution is -0.136. The van der Waals surface area contributed by atoms with E-state index in [9.17, 15) is 23.5 Å². The summed E-state index contributed by atoms with van der Waals surface area (Å²) in [4.78, 5) is 41.5. The zero-order valence-corrected chi connectivity index (χ0v) is 29.5. The number of aliphatic hydroxyl groups excluding tert-OH is 1. The van der Waals surface area contributed by atoms with Gasteiger partial charge in [0.1, 0.15) is 29.3 Å². The van der Waals surface area contributed by atoms with Gasteiger partial charge in [-0.3, -0.25) is 14.8 Å². The smallest absolute Gasteiger partial charge is 0.338 e. The van der Waals surface area contributed by atoms with E-state index in [-0.39, 0.29) is 53.2 Å². The number of amidine groups is 1. The van der Waals surface area contributed by atoms with Crippen LogP contribution in [0.15, 0.2) is 93.5 Å². The van der Waals surface area contributed by atoms with Crippen LogP contribution in [0.1, 0.15) is 22.2 Å². The van der Waals surface area contributed by atoms with Crippen LogP contribution in [0, 0.1) is 17.5 Å². The van der Waals surface area contributed by atoms with Gasteiger partial charge >= 0.3 is 12.0 Å². The molecule has 3 aromatic carbocycles. The number of hydrogen-bond acceptors (Lipinski definition) is 9. The quantitative estimate of drug-likeness (QED) is 0.152. The Balaban J connectivity index is 1.13. The Morgan fingerprint density at radius 1 is 1.08 bits per heavy atom. The number of anilines is 1. The van der Waals surface area contributed by atoms with Crippen LogP contribution in [0.2, 0.25) is 0 Å². The molecule has 0 unspecified atom stereocenters. The molecule has 2 saturated heterocycles. The average Bonchev–Trinajstić information content (AvgIpc) is 3.76. The number of hydrogen-bond donors (Lipinski definition) is 2. The maximum atomic E-state index is 15.4. The Kier molecular flexibility index (Phi) is 9.44. The van der Waals surface area contributed by atoms with Crippen LogP contribution in [0.3, 0.4) is 0 Å². The van der Waals surface area contributed by atoms with Crippen molar-refractivity contribution in [2.24, 2.45) is 4.99 Å². The standard InChI is InChI=1S/C36H30BrF3N6O4S/c1-19(47)20-3-6-24(28(39)13-20)25-8-5-22(15-29(25)40)46-17-23-16-44(10-11-45(23)36(46)49)18-30-31(35(48)50-2)32(26-7-4-21(38)14-27(26)37)43-33(42-30)34-41-9-12-51-34/h3-9,12-15,23,32,47H,1,10-11,16-18H2,2H3,(H,42,43)/t23-,32-/m0/s1. The molecule has 1 aromatic heterocycles. The Labute approximate surface area is 303 Å². The Hall–Kier alpha value is -4.99. The number of rotatable bonds is 8. The van der Waals surface area contributed by atoms with E-state index >= 15 is 4.39 Å². The molecule has 15 heteroatoms. The number of esters is 1. The van der Waals surface area contributed by atoms with Crippen LogP contribution in [0.4, 0.5) is 23.7 Å². The monoisotopic (exact) mass is 778 g/mol. The molecule has 4 heterocycles. The third-order valence-corrected chi connectivity index (χ3v) is 10.6. The Bertz CT molecular complexity index is 2130. The molecule has 0 bridgehead atoms. The number of urea groups is 1. The zero-order chi connectivity index (χ0) is 36.0. The van der Waals surface area contributed by atoms with Gasteiger partial charge in [-0.05, 0) is 42.0 Å². The first-order valence-electron chi connectivity index (χ1n) is 15.8. The first-order valence-corrected chi connectivity index (χ1v) is 17.5. The number of benzene rings is 3. The highest BCUT2D eigenvalue weighted by Gasteiger charge is 2.42. The topological polar surface area (TPSA) is 111 Å². The molecule has 0 saturated carbocycles. The van der Waals surface area contributed by atoms with Gasteiger partial charge in [-0.2, -0.15) is 0 Å². The number of piperazine rings is 1. The molecule has 0 radical (unpaired) electrons. The largest absolute Gasteiger partial charge is 0.508 e. The van der Waals surface area contributed by atoms with Gasteiger partial charge < -0.3 is 20.1 Å². The van der Waals surface area contributed by atoms with Crippen molar-refractivity contribution in [2.45, 2.75) is 12.1 Å². The number of fused-ring (bicyclic) bond motifs is 1. The predicted molar refractivity (Wildman–Crippen MR) is 191 cm³/mol. The number of ether oxygens (including phenoxy) is 1. The molecule has 2 N–H and O–H groups in total. The molecule has 2 atom stereocenters. The first-order chi connectivity index (χ1) is 24.5. The molecule has 262 valence electrons. The SMILES string of the molecule is C=C(O)c1ccc(-c2ccc(N3C[C@@H]4CN(CC5=C(C(=O)OC)[C@H](c6ccc(F)cc6Br)N=C(c6nccs6)N5)CCN4C3=O)cc2F)c(F)c1. The molecular weight excluding hydrogens is 749 g/mol. The summed E-state index contributed by atoms with van der Waals surface area (Å²) >= 11 is 4.81. The van der Waals surface area contributed by atoms with Gasteiger partial charge in [0.2, 0.25) is 0 Å². The van der Waals surface area contributed by atoms with Crippen molar-refractivity contribution in [3.63, 3.8) is 0 Å². The molecule has 10 nitrogen and oxygen atoms in total. The summed E-state index contributed by atoms with van der Waals surface area (Å²) in [5, 5.41) is 15.3. The van der Waals surface area contributed by atoms with Gasteiger partial charge in [0.05, 0.1) is 18.7 Å². The summed E-state index contributed by atoms with van der Waals surface area (Å²) in [6.07, 6.45) is 1.65. The normalized spacial score (nSPS) is 19.2. The molecule has 0 aliphatic carbocycles. The van der Waals surface area contributed by atoms with Gasteiger partial charge in [-0.25, -0.2) is 27.7 Å². The molecule has 2 fully saturated rings. The fourth-order valence-electron chi connectivity index (χ4n) is 6.63. The number of carbonyl (C=O) groups is 2. The van der Waals surface area contributed by atoms with Gasteiger partial charge in [-0.1, -0.05) is 40.7 Å². The molecular formula is C36H30BrF3N6O4S. The van der Waals surface area contributed by atoms with Crippen molar-refractivity contribution < 1.29 is 32.6 Å². The van der Waals surface area contributed by atoms with Gasteiger partial charge in [0, 0.05) is 76.8 Å². The predicted octanol–water partition coefficient (Wildman–Crippen LogP) is 6.66. The van der Waals surface area contributed by atoms with Crippen molar-refractivity contribution in [1.29, 1.82) is 0 Å². The summed E-state index contributed by atoms with van der Waals surface area (Å²) in [7, 11) is 1.29. The number of thiazole rings is 1. The summed E-state index contributed by atoms with van der Waals surface area (Å²) in [5.41, 5.74) is 1.93. The summed E-state index contributed by atoms with van der Waals surface area (Å²) in [5.74, 6) is -2.31. The lowest BCUT2D eigenvalue weighted by atomic mass is 9.95. The van der Waals surface area contributed by atoms with E-state index in [4.69, 9.17) is 9.73 Å². The highest BCUT2D eigenvalue weighted by Crippen LogP contribution is 2.38. The number of methoxy groups -OCH3 is 1. The van der Waals surface area contributed by atoms with Crippen molar-refractivity contribution in [2.75, 3.05) is 44.7 Å². The number of carbonyl (C=O) groups excluding carboxylic acids is 2. The summed E-state index contributed by atoms with van der Waals surface area (Å²) in [6, 6.07) is 11.0. The van der Waals surface area contributed by atoms with Crippen molar-refractivity contribution in [1.82, 2.24) is 20.1 Å². The van der Waals surface area contributed by atoms with Gasteiger partial charge in [-0.15, -0.1) is 11.3 Å². The van der Waals surface area contributed by atoms with E-state index < -0.39 is 29.5 Å². The molecule has 3 aliphatic rings. The van der Waals surface area contributed by atoms with Crippen LogP contribution in [-0.4, -0.2) is 83.6 Å². The minimum absolute atomic E-state index is 0.0129. The third-order valence-electron chi connectivity index (χ3n) is 9.10. The molecule has 4 aromatic rings.